The van der Waals surface area contributed by atoms with Gasteiger partial charge in [-0.3, -0.25) is 4.98 Å². The van der Waals surface area contributed by atoms with Crippen molar-refractivity contribution in [1.29, 1.82) is 5.26 Å². The smallest absolute Gasteiger partial charge is 0.102 e. The van der Waals surface area contributed by atoms with Crippen molar-refractivity contribution in [2.24, 2.45) is 0 Å². The van der Waals surface area contributed by atoms with E-state index in [4.69, 9.17) is 5.73 Å². The Morgan fingerprint density at radius 1 is 1.26 bits per heavy atom. The molecule has 2 aromatic rings. The van der Waals surface area contributed by atoms with Crippen LogP contribution in [0.15, 0.2) is 30.6 Å². The topological polar surface area (TPSA) is 62.7 Å². The highest BCUT2D eigenvalue weighted by atomic mass is 14.6. The third-order valence-electron chi connectivity index (χ3n) is 3.74. The molecule has 3 rings (SSSR count). The molecular formula is C16H15N3. The number of aromatic nitrogens is 1. The number of rotatable bonds is 1. The molecule has 0 bridgehead atoms. The molecule has 2 N–H and O–H groups in total. The summed E-state index contributed by atoms with van der Waals surface area (Å²) >= 11 is 0. The zero-order valence-electron chi connectivity index (χ0n) is 10.7. The highest BCUT2D eigenvalue weighted by molar-refractivity contribution is 5.81. The average Bonchev–Trinajstić information content (AvgIpc) is 2.46. The number of pyridine rings is 1. The van der Waals surface area contributed by atoms with Crippen molar-refractivity contribution in [2.45, 2.75) is 25.7 Å². The van der Waals surface area contributed by atoms with E-state index < -0.39 is 0 Å². The third-order valence-corrected chi connectivity index (χ3v) is 3.74. The van der Waals surface area contributed by atoms with Gasteiger partial charge in [-0.1, -0.05) is 6.07 Å². The predicted octanol–water partition coefficient (Wildman–Crippen LogP) is 3.08. The lowest BCUT2D eigenvalue weighted by atomic mass is 9.83. The summed E-state index contributed by atoms with van der Waals surface area (Å²) in [6.07, 6.45) is 8.01. The number of hydrogen-bond acceptors (Lipinski definition) is 3. The third kappa shape index (κ3) is 1.96. The molecule has 19 heavy (non-hydrogen) atoms. The Labute approximate surface area is 112 Å². The number of benzene rings is 1. The van der Waals surface area contributed by atoms with Crippen molar-refractivity contribution in [3.8, 4) is 17.2 Å². The number of fused-ring (bicyclic) bond motifs is 1. The van der Waals surface area contributed by atoms with Gasteiger partial charge < -0.3 is 5.73 Å². The number of hydrogen-bond donors (Lipinski definition) is 1. The lowest BCUT2D eigenvalue weighted by Gasteiger charge is -2.21. The zero-order chi connectivity index (χ0) is 13.2. The Morgan fingerprint density at radius 3 is 2.84 bits per heavy atom. The summed E-state index contributed by atoms with van der Waals surface area (Å²) in [7, 11) is 0. The fraction of sp³-hybridized carbons (Fsp3) is 0.250. The van der Waals surface area contributed by atoms with E-state index in [1.807, 2.05) is 24.4 Å². The Hall–Kier alpha value is -2.34. The molecule has 3 heteroatoms. The van der Waals surface area contributed by atoms with Crippen LogP contribution in [0.5, 0.6) is 0 Å². The van der Waals surface area contributed by atoms with E-state index in [9.17, 15) is 5.26 Å². The lowest BCUT2D eigenvalue weighted by molar-refractivity contribution is 0.687. The van der Waals surface area contributed by atoms with E-state index in [1.165, 1.54) is 24.0 Å². The van der Waals surface area contributed by atoms with Crippen molar-refractivity contribution < 1.29 is 0 Å². The predicted molar refractivity (Wildman–Crippen MR) is 75.4 cm³/mol. The average molecular weight is 249 g/mol. The molecule has 0 fully saturated rings. The van der Waals surface area contributed by atoms with Crippen LogP contribution in [0, 0.1) is 11.3 Å². The molecule has 0 radical (unpaired) electrons. The van der Waals surface area contributed by atoms with Crippen molar-refractivity contribution in [2.75, 3.05) is 5.73 Å². The standard InChI is InChI=1S/C16H15N3/c17-9-14-15(18)8-11-4-1-2-6-13(11)16(14)12-5-3-7-19-10-12/h3,5,7-8,10H,1-2,4,6,18H2. The Kier molecular flexibility index (Phi) is 2.92. The van der Waals surface area contributed by atoms with Crippen LogP contribution >= 0.6 is 0 Å². The molecule has 0 saturated heterocycles. The summed E-state index contributed by atoms with van der Waals surface area (Å²) in [5.74, 6) is 0. The van der Waals surface area contributed by atoms with E-state index in [0.29, 0.717) is 11.3 Å². The summed E-state index contributed by atoms with van der Waals surface area (Å²) < 4.78 is 0. The number of aryl methyl sites for hydroxylation is 1. The first kappa shape index (κ1) is 11.7. The van der Waals surface area contributed by atoms with Gasteiger partial charge in [0.2, 0.25) is 0 Å². The molecular weight excluding hydrogens is 234 g/mol. The van der Waals surface area contributed by atoms with Gasteiger partial charge in [0.05, 0.1) is 11.3 Å². The molecule has 0 atom stereocenters. The Bertz CT molecular complexity index is 654. The quantitative estimate of drug-likeness (QED) is 0.790. The number of nitriles is 1. The molecule has 94 valence electrons. The van der Waals surface area contributed by atoms with Gasteiger partial charge in [0.1, 0.15) is 6.07 Å². The number of nitrogens with two attached hydrogens (primary N) is 1. The van der Waals surface area contributed by atoms with Gasteiger partial charge in [-0.2, -0.15) is 5.26 Å². The molecule has 3 nitrogen and oxygen atoms in total. The number of nitrogens with zero attached hydrogens (tertiary/aromatic N) is 2. The molecule has 0 spiro atoms. The molecule has 0 aliphatic heterocycles. The second-order valence-electron chi connectivity index (χ2n) is 4.91. The maximum absolute atomic E-state index is 9.41. The van der Waals surface area contributed by atoms with E-state index in [2.05, 4.69) is 11.1 Å². The second kappa shape index (κ2) is 4.74. The Morgan fingerprint density at radius 2 is 2.11 bits per heavy atom. The molecule has 1 aromatic carbocycles. The first-order valence-corrected chi connectivity index (χ1v) is 6.56. The highest BCUT2D eigenvalue weighted by Gasteiger charge is 2.20. The monoisotopic (exact) mass is 249 g/mol. The van der Waals surface area contributed by atoms with Crippen LogP contribution in [0.2, 0.25) is 0 Å². The van der Waals surface area contributed by atoms with E-state index in [-0.39, 0.29) is 0 Å². The van der Waals surface area contributed by atoms with Crippen molar-refractivity contribution >= 4 is 5.69 Å². The fourth-order valence-corrected chi connectivity index (χ4v) is 2.88. The van der Waals surface area contributed by atoms with Gasteiger partial charge in [-0.05, 0) is 48.9 Å². The minimum atomic E-state index is 0.585. The Balaban J connectivity index is 2.32. The van der Waals surface area contributed by atoms with Gasteiger partial charge in [-0.25, -0.2) is 0 Å². The minimum Gasteiger partial charge on any atom is -0.398 e. The van der Waals surface area contributed by atoms with Gasteiger partial charge in [0, 0.05) is 23.5 Å². The molecule has 0 amide bonds. The van der Waals surface area contributed by atoms with Gasteiger partial charge in [-0.15, -0.1) is 0 Å². The first-order chi connectivity index (χ1) is 9.31. The maximum atomic E-state index is 9.41. The summed E-state index contributed by atoms with van der Waals surface area (Å²) in [5, 5.41) is 9.41. The minimum absolute atomic E-state index is 0.585. The van der Waals surface area contributed by atoms with Gasteiger partial charge in [0.15, 0.2) is 0 Å². The van der Waals surface area contributed by atoms with Crippen LogP contribution in [0.4, 0.5) is 5.69 Å². The highest BCUT2D eigenvalue weighted by Crippen LogP contribution is 2.37. The van der Waals surface area contributed by atoms with E-state index >= 15 is 0 Å². The summed E-state index contributed by atoms with van der Waals surface area (Å²) in [6, 6.07) is 8.13. The summed E-state index contributed by atoms with van der Waals surface area (Å²) in [4.78, 5) is 4.16. The van der Waals surface area contributed by atoms with Gasteiger partial charge in [0.25, 0.3) is 0 Å². The summed E-state index contributed by atoms with van der Waals surface area (Å²) in [5.41, 5.74) is 11.8. The molecule has 0 saturated carbocycles. The zero-order valence-corrected chi connectivity index (χ0v) is 10.7. The van der Waals surface area contributed by atoms with Crippen molar-refractivity contribution in [3.05, 3.63) is 47.3 Å². The van der Waals surface area contributed by atoms with Crippen LogP contribution in [0.25, 0.3) is 11.1 Å². The molecule has 1 aromatic heterocycles. The van der Waals surface area contributed by atoms with Crippen LogP contribution in [0.3, 0.4) is 0 Å². The van der Waals surface area contributed by atoms with Crippen LogP contribution in [0.1, 0.15) is 29.5 Å². The van der Waals surface area contributed by atoms with Crippen molar-refractivity contribution in [3.63, 3.8) is 0 Å². The number of anilines is 1. The normalized spacial score (nSPS) is 13.6. The fourth-order valence-electron chi connectivity index (χ4n) is 2.88. The molecule has 1 aliphatic carbocycles. The first-order valence-electron chi connectivity index (χ1n) is 6.56. The maximum Gasteiger partial charge on any atom is 0.102 e. The SMILES string of the molecule is N#Cc1c(N)cc2c(c1-c1cccnc1)CCCC2. The lowest BCUT2D eigenvalue weighted by Crippen LogP contribution is -2.08. The molecule has 1 aliphatic rings. The largest absolute Gasteiger partial charge is 0.398 e. The molecule has 0 unspecified atom stereocenters. The van der Waals surface area contributed by atoms with Crippen LogP contribution < -0.4 is 5.73 Å². The van der Waals surface area contributed by atoms with Crippen LogP contribution in [-0.2, 0) is 12.8 Å². The number of nitrogen functional groups attached to an aromatic ring is 1. The molecule has 1 heterocycles. The van der Waals surface area contributed by atoms with Crippen LogP contribution in [-0.4, -0.2) is 4.98 Å². The van der Waals surface area contributed by atoms with Gasteiger partial charge >= 0.3 is 0 Å². The van der Waals surface area contributed by atoms with E-state index in [0.717, 1.165) is 24.0 Å². The second-order valence-corrected chi connectivity index (χ2v) is 4.91. The van der Waals surface area contributed by atoms with E-state index in [1.54, 1.807) is 6.20 Å². The van der Waals surface area contributed by atoms with Crippen molar-refractivity contribution in [1.82, 2.24) is 4.98 Å². The summed E-state index contributed by atoms with van der Waals surface area (Å²) in [6.45, 7) is 0.